The van der Waals surface area contributed by atoms with Crippen molar-refractivity contribution in [3.05, 3.63) is 0 Å². The van der Waals surface area contributed by atoms with Crippen molar-refractivity contribution < 1.29 is 14.7 Å². The van der Waals surface area contributed by atoms with Gasteiger partial charge in [0.2, 0.25) is 5.91 Å². The van der Waals surface area contributed by atoms with Crippen molar-refractivity contribution in [2.45, 2.75) is 25.7 Å². The Balaban J connectivity index is 1.96. The summed E-state index contributed by atoms with van der Waals surface area (Å²) in [4.78, 5) is 24.3. The predicted molar refractivity (Wildman–Crippen MR) is 49.7 cm³/mol. The van der Waals surface area contributed by atoms with Crippen molar-refractivity contribution in [3.8, 4) is 0 Å². The second-order valence-electron chi connectivity index (χ2n) is 4.52. The number of hydrogen-bond acceptors (Lipinski definition) is 2. The van der Waals surface area contributed by atoms with Crippen molar-refractivity contribution in [2.75, 3.05) is 13.6 Å². The number of rotatable bonds is 4. The molecule has 1 amide bonds. The smallest absolute Gasteiger partial charge is 0.319 e. The van der Waals surface area contributed by atoms with Gasteiger partial charge >= 0.3 is 5.97 Å². The van der Waals surface area contributed by atoms with Crippen molar-refractivity contribution in [1.29, 1.82) is 0 Å². The summed E-state index contributed by atoms with van der Waals surface area (Å²) < 4.78 is 0. The first-order valence-corrected chi connectivity index (χ1v) is 5.05. The molecule has 2 aliphatic rings. The fourth-order valence-corrected chi connectivity index (χ4v) is 1.78. The molecule has 0 spiro atoms. The van der Waals surface area contributed by atoms with Crippen LogP contribution in [0.1, 0.15) is 25.7 Å². The Morgan fingerprint density at radius 3 is 2.36 bits per heavy atom. The molecule has 0 heterocycles. The van der Waals surface area contributed by atoms with E-state index in [0.29, 0.717) is 18.8 Å². The van der Waals surface area contributed by atoms with Crippen LogP contribution >= 0.6 is 0 Å². The molecule has 0 saturated heterocycles. The molecule has 0 aromatic heterocycles. The SMILES string of the molecule is CN(CC1CC1)C(=O)C1(C(=O)O)CC1. The summed E-state index contributed by atoms with van der Waals surface area (Å²) in [5, 5.41) is 8.93. The predicted octanol–water partition coefficient (Wildman–Crippen LogP) is 0.720. The van der Waals surface area contributed by atoms with Gasteiger partial charge in [-0.1, -0.05) is 0 Å². The molecule has 0 aromatic carbocycles. The summed E-state index contributed by atoms with van der Waals surface area (Å²) in [5.41, 5.74) is -1.05. The summed E-state index contributed by atoms with van der Waals surface area (Å²) in [7, 11) is 1.71. The molecule has 2 fully saturated rings. The lowest BCUT2D eigenvalue weighted by atomic mass is 10.1. The summed E-state index contributed by atoms with van der Waals surface area (Å²) in [6.45, 7) is 0.730. The van der Waals surface area contributed by atoms with E-state index in [9.17, 15) is 9.59 Å². The Morgan fingerprint density at radius 1 is 1.43 bits per heavy atom. The molecule has 2 saturated carbocycles. The third-order valence-corrected chi connectivity index (χ3v) is 3.14. The van der Waals surface area contributed by atoms with Gasteiger partial charge in [0.25, 0.3) is 0 Å². The Morgan fingerprint density at radius 2 is 2.00 bits per heavy atom. The highest BCUT2D eigenvalue weighted by molar-refractivity contribution is 6.04. The number of carboxylic acid groups (broad SMARTS) is 1. The van der Waals surface area contributed by atoms with E-state index in [1.165, 1.54) is 12.8 Å². The lowest BCUT2D eigenvalue weighted by Crippen LogP contribution is -2.39. The van der Waals surface area contributed by atoms with E-state index in [2.05, 4.69) is 0 Å². The standard InChI is InChI=1S/C10H15NO3/c1-11(6-7-2-3-7)8(12)10(4-5-10)9(13)14/h7H,2-6H2,1H3,(H,13,14). The van der Waals surface area contributed by atoms with Gasteiger partial charge in [-0.2, -0.15) is 0 Å². The topological polar surface area (TPSA) is 57.6 Å². The van der Waals surface area contributed by atoms with Crippen molar-refractivity contribution in [1.82, 2.24) is 4.90 Å². The normalized spacial score (nSPS) is 22.9. The molecule has 4 heteroatoms. The van der Waals surface area contributed by atoms with Crippen LogP contribution in [0.3, 0.4) is 0 Å². The lowest BCUT2D eigenvalue weighted by Gasteiger charge is -2.20. The van der Waals surface area contributed by atoms with Gasteiger partial charge in [-0.15, -0.1) is 0 Å². The van der Waals surface area contributed by atoms with Gasteiger partial charge in [0.05, 0.1) is 0 Å². The maximum absolute atomic E-state index is 11.8. The fraction of sp³-hybridized carbons (Fsp3) is 0.800. The fourth-order valence-electron chi connectivity index (χ4n) is 1.78. The van der Waals surface area contributed by atoms with Crippen LogP contribution < -0.4 is 0 Å². The van der Waals surface area contributed by atoms with E-state index in [-0.39, 0.29) is 5.91 Å². The third kappa shape index (κ3) is 1.49. The number of carboxylic acids is 1. The van der Waals surface area contributed by atoms with Gasteiger partial charge < -0.3 is 10.0 Å². The maximum Gasteiger partial charge on any atom is 0.319 e. The molecule has 0 bridgehead atoms. The van der Waals surface area contributed by atoms with E-state index in [1.807, 2.05) is 0 Å². The summed E-state index contributed by atoms with van der Waals surface area (Å²) in [6.07, 6.45) is 3.38. The zero-order valence-corrected chi connectivity index (χ0v) is 8.32. The molecule has 2 aliphatic carbocycles. The highest BCUT2D eigenvalue weighted by Crippen LogP contribution is 2.47. The Hall–Kier alpha value is -1.06. The van der Waals surface area contributed by atoms with Crippen LogP contribution in [0.4, 0.5) is 0 Å². The average molecular weight is 197 g/mol. The second-order valence-corrected chi connectivity index (χ2v) is 4.52. The van der Waals surface area contributed by atoms with Gasteiger partial charge in [0, 0.05) is 13.6 Å². The van der Waals surface area contributed by atoms with Gasteiger partial charge in [0.15, 0.2) is 0 Å². The number of hydrogen-bond donors (Lipinski definition) is 1. The zero-order valence-electron chi connectivity index (χ0n) is 8.32. The van der Waals surface area contributed by atoms with Gasteiger partial charge in [-0.25, -0.2) is 0 Å². The van der Waals surface area contributed by atoms with E-state index in [1.54, 1.807) is 11.9 Å². The van der Waals surface area contributed by atoms with Crippen LogP contribution in [0.15, 0.2) is 0 Å². The van der Waals surface area contributed by atoms with Crippen LogP contribution in [-0.2, 0) is 9.59 Å². The number of carbonyl (C=O) groups is 2. The monoisotopic (exact) mass is 197 g/mol. The van der Waals surface area contributed by atoms with Crippen LogP contribution in [0.5, 0.6) is 0 Å². The number of amides is 1. The van der Waals surface area contributed by atoms with Gasteiger partial charge in [-0.3, -0.25) is 9.59 Å². The van der Waals surface area contributed by atoms with E-state index < -0.39 is 11.4 Å². The Bertz CT molecular complexity index is 279. The summed E-state index contributed by atoms with van der Waals surface area (Å²) >= 11 is 0. The van der Waals surface area contributed by atoms with E-state index in [4.69, 9.17) is 5.11 Å². The molecule has 14 heavy (non-hydrogen) atoms. The Labute approximate surface area is 82.9 Å². The van der Waals surface area contributed by atoms with Gasteiger partial charge in [0.1, 0.15) is 5.41 Å². The molecule has 2 rings (SSSR count). The van der Waals surface area contributed by atoms with Crippen LogP contribution in [0, 0.1) is 11.3 Å². The molecule has 0 radical (unpaired) electrons. The average Bonchev–Trinajstić information content (AvgIpc) is 2.98. The molecular formula is C10H15NO3. The largest absolute Gasteiger partial charge is 0.480 e. The summed E-state index contributed by atoms with van der Waals surface area (Å²) in [6, 6.07) is 0. The molecule has 78 valence electrons. The highest BCUT2D eigenvalue weighted by atomic mass is 16.4. The number of nitrogens with zero attached hydrogens (tertiary/aromatic N) is 1. The summed E-state index contributed by atoms with van der Waals surface area (Å²) in [5.74, 6) is -0.532. The van der Waals surface area contributed by atoms with E-state index in [0.717, 1.165) is 6.54 Å². The molecule has 0 atom stereocenters. The molecule has 0 aliphatic heterocycles. The zero-order chi connectivity index (χ0) is 10.3. The number of aliphatic carboxylic acids is 1. The molecule has 4 nitrogen and oxygen atoms in total. The van der Waals surface area contributed by atoms with Crippen molar-refractivity contribution >= 4 is 11.9 Å². The molecule has 0 aromatic rings. The second kappa shape index (κ2) is 2.97. The minimum atomic E-state index is -1.05. The number of carbonyl (C=O) groups excluding carboxylic acids is 1. The molecule has 1 N–H and O–H groups in total. The van der Waals surface area contributed by atoms with Gasteiger partial charge in [-0.05, 0) is 31.6 Å². The molecule has 0 unspecified atom stereocenters. The third-order valence-electron chi connectivity index (χ3n) is 3.14. The first-order valence-electron chi connectivity index (χ1n) is 5.05. The van der Waals surface area contributed by atoms with Crippen LogP contribution in [0.25, 0.3) is 0 Å². The lowest BCUT2D eigenvalue weighted by molar-refractivity contribution is -0.152. The maximum atomic E-state index is 11.8. The molecular weight excluding hydrogens is 182 g/mol. The first-order chi connectivity index (χ1) is 6.56. The van der Waals surface area contributed by atoms with Crippen molar-refractivity contribution in [2.24, 2.45) is 11.3 Å². The quantitative estimate of drug-likeness (QED) is 0.675. The first kappa shape index (κ1) is 9.49. The van der Waals surface area contributed by atoms with Crippen molar-refractivity contribution in [3.63, 3.8) is 0 Å². The minimum Gasteiger partial charge on any atom is -0.480 e. The minimum absolute atomic E-state index is 0.197. The van der Waals surface area contributed by atoms with Crippen LogP contribution in [-0.4, -0.2) is 35.5 Å². The Kier molecular flexibility index (Phi) is 2.01. The van der Waals surface area contributed by atoms with E-state index >= 15 is 0 Å². The van der Waals surface area contributed by atoms with Crippen LogP contribution in [0.2, 0.25) is 0 Å². The highest BCUT2D eigenvalue weighted by Gasteiger charge is 2.58.